The molecule has 0 unspecified atom stereocenters. The average molecular weight is 508 g/mol. The summed E-state index contributed by atoms with van der Waals surface area (Å²) in [6, 6.07) is 27.2. The lowest BCUT2D eigenvalue weighted by atomic mass is 9.68. The van der Waals surface area contributed by atoms with Gasteiger partial charge in [0.25, 0.3) is 0 Å². The van der Waals surface area contributed by atoms with E-state index >= 15 is 0 Å². The Morgan fingerprint density at radius 3 is 2.16 bits per heavy atom. The van der Waals surface area contributed by atoms with Crippen molar-refractivity contribution in [3.05, 3.63) is 124 Å². The maximum absolute atomic E-state index is 13.7. The molecule has 38 heavy (non-hydrogen) atoms. The Kier molecular flexibility index (Phi) is 7.19. The molecule has 1 heterocycles. The summed E-state index contributed by atoms with van der Waals surface area (Å²) in [5.74, 6) is -0.322. The maximum atomic E-state index is 13.7. The largest absolute Gasteiger partial charge is 0.489 e. The Balaban J connectivity index is 1.54. The second kappa shape index (κ2) is 10.7. The van der Waals surface area contributed by atoms with Crippen molar-refractivity contribution in [2.75, 3.05) is 0 Å². The van der Waals surface area contributed by atoms with Gasteiger partial charge in [0, 0.05) is 29.0 Å². The van der Waals surface area contributed by atoms with E-state index in [1.807, 2.05) is 91.9 Å². The summed E-state index contributed by atoms with van der Waals surface area (Å²) in [6.45, 7) is 6.62. The number of carbonyl (C=O) groups is 2. The highest BCUT2D eigenvalue weighted by Crippen LogP contribution is 2.48. The van der Waals surface area contributed by atoms with E-state index in [9.17, 15) is 9.59 Å². The second-order valence-electron chi connectivity index (χ2n) is 10.8. The van der Waals surface area contributed by atoms with Gasteiger partial charge in [0.15, 0.2) is 5.78 Å². The molecule has 0 fully saturated rings. The van der Waals surface area contributed by atoms with Crippen LogP contribution in [0.3, 0.4) is 0 Å². The van der Waals surface area contributed by atoms with Crippen molar-refractivity contribution >= 4 is 11.8 Å². The normalized spacial score (nSPS) is 18.5. The van der Waals surface area contributed by atoms with Crippen LogP contribution in [-0.4, -0.2) is 11.8 Å². The molecule has 0 bridgehead atoms. The predicted molar refractivity (Wildman–Crippen MR) is 147 cm³/mol. The molecule has 1 aliphatic carbocycles. The van der Waals surface area contributed by atoms with E-state index in [1.165, 1.54) is 0 Å². The van der Waals surface area contributed by atoms with Crippen molar-refractivity contribution in [3.63, 3.8) is 0 Å². The van der Waals surface area contributed by atoms with E-state index in [2.05, 4.69) is 19.2 Å². The van der Waals surface area contributed by atoms with E-state index in [1.54, 1.807) is 0 Å². The predicted octanol–water partition coefficient (Wildman–Crippen LogP) is 6.61. The van der Waals surface area contributed by atoms with Gasteiger partial charge in [-0.15, -0.1) is 0 Å². The minimum atomic E-state index is -0.579. The summed E-state index contributed by atoms with van der Waals surface area (Å²) in [5, 5.41) is 3.41. The average Bonchev–Trinajstić information content (AvgIpc) is 2.90. The van der Waals surface area contributed by atoms with E-state index in [4.69, 9.17) is 9.47 Å². The molecular formula is C33H33NO4. The number of ketones is 1. The number of esters is 1. The Morgan fingerprint density at radius 2 is 1.47 bits per heavy atom. The van der Waals surface area contributed by atoms with Crippen LogP contribution in [-0.2, 0) is 27.5 Å². The van der Waals surface area contributed by atoms with E-state index in [0.29, 0.717) is 35.6 Å². The second-order valence-corrected chi connectivity index (χ2v) is 10.8. The van der Waals surface area contributed by atoms with Crippen LogP contribution in [0.2, 0.25) is 0 Å². The zero-order valence-corrected chi connectivity index (χ0v) is 22.1. The number of dihydropyridines is 1. The summed E-state index contributed by atoms with van der Waals surface area (Å²) in [4.78, 5) is 27.3. The van der Waals surface area contributed by atoms with E-state index in [-0.39, 0.29) is 17.8 Å². The molecule has 0 radical (unpaired) electrons. The number of hydrogen-bond acceptors (Lipinski definition) is 5. The number of nitrogens with one attached hydrogen (secondary N) is 1. The number of rotatable bonds is 7. The molecule has 2 aliphatic rings. The summed E-state index contributed by atoms with van der Waals surface area (Å²) in [7, 11) is 0. The summed E-state index contributed by atoms with van der Waals surface area (Å²) in [5.41, 5.74) is 5.24. The van der Waals surface area contributed by atoms with Crippen LogP contribution in [0.25, 0.3) is 0 Å². The van der Waals surface area contributed by atoms with Gasteiger partial charge in [-0.25, -0.2) is 4.79 Å². The van der Waals surface area contributed by atoms with Crippen molar-refractivity contribution in [2.45, 2.75) is 52.7 Å². The van der Waals surface area contributed by atoms with Crippen LogP contribution in [0, 0.1) is 5.41 Å². The minimum Gasteiger partial charge on any atom is -0.489 e. The fourth-order valence-electron chi connectivity index (χ4n) is 5.40. The first-order valence-electron chi connectivity index (χ1n) is 13.0. The van der Waals surface area contributed by atoms with Gasteiger partial charge in [-0.2, -0.15) is 0 Å². The third kappa shape index (κ3) is 5.42. The smallest absolute Gasteiger partial charge is 0.337 e. The number of para-hydroxylation sites is 1. The van der Waals surface area contributed by atoms with Crippen LogP contribution in [0.1, 0.15) is 56.2 Å². The van der Waals surface area contributed by atoms with Crippen LogP contribution < -0.4 is 10.1 Å². The number of hydrogen-bond donors (Lipinski definition) is 1. The van der Waals surface area contributed by atoms with Crippen LogP contribution >= 0.6 is 0 Å². The summed E-state index contributed by atoms with van der Waals surface area (Å²) in [6.07, 6.45) is 1.14. The monoisotopic (exact) mass is 507 g/mol. The first-order valence-corrected chi connectivity index (χ1v) is 13.0. The highest BCUT2D eigenvalue weighted by Gasteiger charge is 2.44. The number of carbonyl (C=O) groups excluding carboxylic acids is 2. The molecule has 0 amide bonds. The Morgan fingerprint density at radius 1 is 0.868 bits per heavy atom. The van der Waals surface area contributed by atoms with Gasteiger partial charge in [0.2, 0.25) is 0 Å². The van der Waals surface area contributed by atoms with Gasteiger partial charge in [0.05, 0.1) is 11.5 Å². The van der Waals surface area contributed by atoms with Gasteiger partial charge < -0.3 is 14.8 Å². The Bertz CT molecular complexity index is 1400. The molecule has 1 aliphatic heterocycles. The van der Waals surface area contributed by atoms with Crippen molar-refractivity contribution in [1.82, 2.24) is 5.32 Å². The number of Topliss-reactive ketones (excluding diaryl/α,β-unsaturated/α-hetero) is 1. The minimum absolute atomic E-state index is 0.0486. The summed E-state index contributed by atoms with van der Waals surface area (Å²) >= 11 is 0. The molecule has 194 valence electrons. The lowest BCUT2D eigenvalue weighted by molar-refractivity contribution is -0.140. The molecule has 5 nitrogen and oxygen atoms in total. The van der Waals surface area contributed by atoms with Crippen molar-refractivity contribution in [2.24, 2.45) is 5.41 Å². The molecule has 3 aromatic rings. The lowest BCUT2D eigenvalue weighted by Crippen LogP contribution is -2.38. The lowest BCUT2D eigenvalue weighted by Gasteiger charge is -2.39. The number of benzene rings is 3. The molecule has 0 saturated carbocycles. The first-order chi connectivity index (χ1) is 18.3. The molecule has 5 heteroatoms. The highest BCUT2D eigenvalue weighted by atomic mass is 16.5. The topological polar surface area (TPSA) is 64.6 Å². The molecule has 0 aromatic heterocycles. The molecular weight excluding hydrogens is 474 g/mol. The third-order valence-corrected chi connectivity index (χ3v) is 7.14. The van der Waals surface area contributed by atoms with Crippen molar-refractivity contribution in [3.8, 4) is 5.75 Å². The molecule has 5 rings (SSSR count). The van der Waals surface area contributed by atoms with Gasteiger partial charge in [-0.05, 0) is 36.0 Å². The van der Waals surface area contributed by atoms with Crippen LogP contribution in [0.5, 0.6) is 5.75 Å². The van der Waals surface area contributed by atoms with E-state index < -0.39 is 11.9 Å². The van der Waals surface area contributed by atoms with Crippen LogP contribution in [0.15, 0.2) is 107 Å². The van der Waals surface area contributed by atoms with E-state index in [0.717, 1.165) is 28.8 Å². The van der Waals surface area contributed by atoms with Gasteiger partial charge >= 0.3 is 5.97 Å². The molecule has 1 atom stereocenters. The molecule has 0 spiro atoms. The zero-order valence-electron chi connectivity index (χ0n) is 22.1. The third-order valence-electron chi connectivity index (χ3n) is 7.14. The fraction of sp³-hybridized carbons (Fsp3) is 0.273. The first kappa shape index (κ1) is 25.5. The van der Waals surface area contributed by atoms with Gasteiger partial charge in [0.1, 0.15) is 19.0 Å². The number of ether oxygens (including phenoxy) is 2. The molecule has 0 saturated heterocycles. The zero-order chi connectivity index (χ0) is 26.7. The standard InChI is InChI=1S/C33H33NO4/c1-22-29(32(36)38-21-24-14-8-5-9-15-24)30(31-26(34-22)18-33(2,3)19-27(31)35)25-16-10-11-17-28(25)37-20-23-12-6-4-7-13-23/h4-17,30,34H,18-21H2,1-3H3/t30-/m0/s1. The number of allylic oxidation sites excluding steroid dienone is 3. The Labute approximate surface area is 224 Å². The Hall–Kier alpha value is -4.12. The highest BCUT2D eigenvalue weighted by molar-refractivity contribution is 6.04. The SMILES string of the molecule is CC1=C(C(=O)OCc2ccccc2)[C@H](c2ccccc2OCc2ccccc2)C2=C(CC(C)(C)CC2=O)N1. The van der Waals surface area contributed by atoms with Crippen molar-refractivity contribution < 1.29 is 19.1 Å². The fourth-order valence-corrected chi connectivity index (χ4v) is 5.40. The van der Waals surface area contributed by atoms with Crippen LogP contribution in [0.4, 0.5) is 0 Å². The van der Waals surface area contributed by atoms with Gasteiger partial charge in [-0.1, -0.05) is 92.7 Å². The maximum Gasteiger partial charge on any atom is 0.337 e. The molecule has 3 aromatic carbocycles. The quantitative estimate of drug-likeness (QED) is 0.365. The summed E-state index contributed by atoms with van der Waals surface area (Å²) < 4.78 is 12.1. The molecule has 1 N–H and O–H groups in total. The van der Waals surface area contributed by atoms with Gasteiger partial charge in [-0.3, -0.25) is 4.79 Å². The van der Waals surface area contributed by atoms with Crippen molar-refractivity contribution in [1.29, 1.82) is 0 Å².